The number of amides is 2. The molecule has 0 radical (unpaired) electrons. The maximum atomic E-state index is 12.9. The lowest BCUT2D eigenvalue weighted by Gasteiger charge is -2.53. The quantitative estimate of drug-likeness (QED) is 0.0775. The van der Waals surface area contributed by atoms with Gasteiger partial charge in [0.2, 0.25) is 11.8 Å². The molecule has 334 valence electrons. The van der Waals surface area contributed by atoms with Gasteiger partial charge in [0.1, 0.15) is 79.2 Å². The zero-order valence-electron chi connectivity index (χ0n) is 32.7. The van der Waals surface area contributed by atoms with Gasteiger partial charge in [-0.15, -0.1) is 0 Å². The smallest absolute Gasteiger partial charge is 0.364 e. The van der Waals surface area contributed by atoms with E-state index in [0.717, 1.165) is 13.8 Å². The van der Waals surface area contributed by atoms with Gasteiger partial charge in [-0.05, 0) is 20.8 Å². The van der Waals surface area contributed by atoms with Crippen LogP contribution in [0.3, 0.4) is 0 Å². The number of aliphatic carboxylic acids is 1. The molecular weight excluding hydrogens is 786 g/mol. The first kappa shape index (κ1) is 46.8. The fraction of sp³-hybridized carbons (Fsp3) is 0.912. The van der Waals surface area contributed by atoms with E-state index in [4.69, 9.17) is 53.1 Å². The standard InChI is InChI=1S/C34H57N3O21/c1-10(2)50-32-23(46)28(26-16(53-32)9-49-34(6,58-26)33(47)48)57-30-19(37-13(5)41)27(56-31-22(45)21(44)24(54-31)14(42)7-38)25(15(8-39)52-30)55-29-18(36-12(4)40)20(43)17(35)11(3)51-29/h10-11,14-32,38-39,42-46H,7-9,35H2,1-6H3,(H,36,40)(H,37,41)(H,47,48)/t11-,14-,15-,16-,17+,18-,19-,20+,21-,22-,23-,24+,25+,26+,27-,28-,29-,30-,31+,32-,34-/m1/s1. The van der Waals surface area contributed by atoms with Crippen molar-refractivity contribution in [3.63, 3.8) is 0 Å². The fourth-order valence-electron chi connectivity index (χ4n) is 7.48. The molecular formula is C34H57N3O21. The zero-order chi connectivity index (χ0) is 43.0. The van der Waals surface area contributed by atoms with Crippen LogP contribution in [0, 0.1) is 0 Å². The molecule has 0 aromatic rings. The Balaban J connectivity index is 1.57. The van der Waals surface area contributed by atoms with Gasteiger partial charge in [-0.3, -0.25) is 9.59 Å². The van der Waals surface area contributed by atoms with E-state index in [0.29, 0.717) is 0 Å². The number of aliphatic hydroxyl groups is 7. The number of hydrogen-bond donors (Lipinski definition) is 11. The molecule has 0 aromatic carbocycles. The topological polar surface area (TPSA) is 355 Å². The third kappa shape index (κ3) is 9.90. The number of carbonyl (C=O) groups excluding carboxylic acids is 2. The maximum Gasteiger partial charge on any atom is 0.364 e. The van der Waals surface area contributed by atoms with E-state index >= 15 is 0 Å². The van der Waals surface area contributed by atoms with Crippen LogP contribution in [0.2, 0.25) is 0 Å². The summed E-state index contributed by atoms with van der Waals surface area (Å²) < 4.78 is 59.8. The molecule has 58 heavy (non-hydrogen) atoms. The van der Waals surface area contributed by atoms with Crippen LogP contribution in [0.15, 0.2) is 0 Å². The largest absolute Gasteiger partial charge is 0.477 e. The van der Waals surface area contributed by atoms with Gasteiger partial charge in [-0.1, -0.05) is 0 Å². The lowest BCUT2D eigenvalue weighted by Crippen LogP contribution is -2.72. The molecule has 12 N–H and O–H groups in total. The normalized spacial score (nSPS) is 46.3. The summed E-state index contributed by atoms with van der Waals surface area (Å²) in [6, 6.07) is -3.91. The van der Waals surface area contributed by atoms with Crippen molar-refractivity contribution < 1.29 is 103 Å². The van der Waals surface area contributed by atoms with E-state index < -0.39 is 166 Å². The minimum absolute atomic E-state index is 0.357. The average molecular weight is 844 g/mol. The van der Waals surface area contributed by atoms with Crippen molar-refractivity contribution in [3.05, 3.63) is 0 Å². The van der Waals surface area contributed by atoms with Crippen LogP contribution < -0.4 is 16.4 Å². The van der Waals surface area contributed by atoms with Crippen LogP contribution in [0.5, 0.6) is 0 Å². The third-order valence-electron chi connectivity index (χ3n) is 10.5. The van der Waals surface area contributed by atoms with Crippen LogP contribution >= 0.6 is 0 Å². The van der Waals surface area contributed by atoms with E-state index in [1.807, 2.05) is 0 Å². The van der Waals surface area contributed by atoms with Gasteiger partial charge in [-0.25, -0.2) is 4.79 Å². The number of hydrogen-bond acceptors (Lipinski definition) is 21. The second kappa shape index (κ2) is 19.2. The number of rotatable bonds is 14. The first-order valence-electron chi connectivity index (χ1n) is 18.9. The van der Waals surface area contributed by atoms with Crippen LogP contribution in [0.25, 0.3) is 0 Å². The molecule has 0 spiro atoms. The summed E-state index contributed by atoms with van der Waals surface area (Å²) in [5.41, 5.74) is 6.13. The van der Waals surface area contributed by atoms with Crippen LogP contribution in [0.1, 0.15) is 41.5 Å². The lowest BCUT2D eigenvalue weighted by atomic mass is 9.93. The van der Waals surface area contributed by atoms with Crippen molar-refractivity contribution in [1.29, 1.82) is 0 Å². The summed E-state index contributed by atoms with van der Waals surface area (Å²) in [5.74, 6) is -5.08. The molecule has 5 aliphatic rings. The van der Waals surface area contributed by atoms with Crippen molar-refractivity contribution in [1.82, 2.24) is 10.6 Å². The second-order valence-electron chi connectivity index (χ2n) is 15.3. The molecule has 0 saturated carbocycles. The molecule has 0 unspecified atom stereocenters. The van der Waals surface area contributed by atoms with Crippen molar-refractivity contribution in [2.24, 2.45) is 5.73 Å². The molecule has 2 amide bonds. The lowest BCUT2D eigenvalue weighted by molar-refractivity contribution is -0.405. The van der Waals surface area contributed by atoms with Gasteiger partial charge >= 0.3 is 5.97 Å². The predicted octanol–water partition coefficient (Wildman–Crippen LogP) is -6.17. The molecule has 0 aliphatic carbocycles. The van der Waals surface area contributed by atoms with E-state index in [-0.39, 0.29) is 6.61 Å². The van der Waals surface area contributed by atoms with Gasteiger partial charge in [0.05, 0.1) is 44.2 Å². The molecule has 24 nitrogen and oxygen atoms in total. The van der Waals surface area contributed by atoms with E-state index in [1.54, 1.807) is 13.8 Å². The van der Waals surface area contributed by atoms with E-state index in [2.05, 4.69) is 10.6 Å². The number of carbonyl (C=O) groups is 3. The summed E-state index contributed by atoms with van der Waals surface area (Å²) in [6.07, 6.45) is -26.9. The van der Waals surface area contributed by atoms with Crippen molar-refractivity contribution >= 4 is 17.8 Å². The summed E-state index contributed by atoms with van der Waals surface area (Å²) in [4.78, 5) is 37.4. The highest BCUT2D eigenvalue weighted by Gasteiger charge is 2.60. The number of carboxylic acids is 1. The third-order valence-corrected chi connectivity index (χ3v) is 10.5. The average Bonchev–Trinajstić information content (AvgIpc) is 3.43. The molecule has 5 fully saturated rings. The molecule has 5 heterocycles. The Morgan fingerprint density at radius 3 is 2.00 bits per heavy atom. The van der Waals surface area contributed by atoms with Gasteiger partial charge in [-0.2, -0.15) is 0 Å². The van der Waals surface area contributed by atoms with Gasteiger partial charge in [0.25, 0.3) is 5.79 Å². The number of carboxylic acid groups (broad SMARTS) is 1. The first-order valence-corrected chi connectivity index (χ1v) is 18.9. The fourth-order valence-corrected chi connectivity index (χ4v) is 7.48. The number of nitrogens with two attached hydrogens (primary N) is 1. The predicted molar refractivity (Wildman–Crippen MR) is 185 cm³/mol. The highest BCUT2D eigenvalue weighted by atomic mass is 16.8. The maximum absolute atomic E-state index is 12.9. The highest BCUT2D eigenvalue weighted by molar-refractivity contribution is 5.75. The summed E-state index contributed by atoms with van der Waals surface area (Å²) in [7, 11) is 0. The van der Waals surface area contributed by atoms with Gasteiger partial charge < -0.3 is 105 Å². The summed E-state index contributed by atoms with van der Waals surface area (Å²) >= 11 is 0. The van der Waals surface area contributed by atoms with Gasteiger partial charge in [0, 0.05) is 20.8 Å². The molecule has 21 atom stereocenters. The zero-order valence-corrected chi connectivity index (χ0v) is 32.7. The minimum Gasteiger partial charge on any atom is -0.477 e. The summed E-state index contributed by atoms with van der Waals surface area (Å²) in [6.45, 7) is 6.15. The van der Waals surface area contributed by atoms with E-state index in [1.165, 1.54) is 13.8 Å². The minimum atomic E-state index is -2.23. The Morgan fingerprint density at radius 2 is 1.41 bits per heavy atom. The Bertz CT molecular complexity index is 1420. The van der Waals surface area contributed by atoms with E-state index in [9.17, 15) is 55.2 Å². The first-order chi connectivity index (χ1) is 27.2. The Kier molecular flexibility index (Phi) is 15.5. The SMILES string of the molecule is CC(=O)N[C@H]1[C@@H](O[C@@H]2[C@H](O[C@@H]3O[C@@H]([C@H](O)CO)[C@H](O)[C@H]3O)[C@@H](NC(C)=O)[C@@H](O[C@@H]3[C@@H](O)[C@H](OC(C)C)O[C@@H]4CO[C@@](C)(C(=O)O)O[C@H]34)O[C@@H]2CO)O[C@H](C)[C@H](N)[C@@H]1O. The number of fused-ring (bicyclic) bond motifs is 1. The number of ether oxygens (including phenoxy) is 10. The molecule has 24 heteroatoms. The van der Waals surface area contributed by atoms with Crippen LogP contribution in [-0.2, 0) is 61.8 Å². The Labute approximate surface area is 332 Å². The van der Waals surface area contributed by atoms with Crippen molar-refractivity contribution in [2.45, 2.75) is 176 Å². The second-order valence-corrected chi connectivity index (χ2v) is 15.3. The highest BCUT2D eigenvalue weighted by Crippen LogP contribution is 2.39. The number of nitrogens with one attached hydrogen (secondary N) is 2. The Morgan fingerprint density at radius 1 is 0.810 bits per heavy atom. The molecule has 0 aromatic heterocycles. The molecule has 5 aliphatic heterocycles. The van der Waals surface area contributed by atoms with Crippen molar-refractivity contribution in [2.75, 3.05) is 19.8 Å². The molecule has 0 bridgehead atoms. The van der Waals surface area contributed by atoms with Crippen LogP contribution in [0.4, 0.5) is 0 Å². The monoisotopic (exact) mass is 843 g/mol. The van der Waals surface area contributed by atoms with Gasteiger partial charge in [0.15, 0.2) is 25.2 Å². The summed E-state index contributed by atoms with van der Waals surface area (Å²) in [5, 5.41) is 90.2. The number of aliphatic hydroxyl groups excluding tert-OH is 7. The van der Waals surface area contributed by atoms with Crippen molar-refractivity contribution in [3.8, 4) is 0 Å². The molecule has 5 rings (SSSR count). The van der Waals surface area contributed by atoms with Crippen LogP contribution in [-0.4, -0.2) is 213 Å². The molecule has 5 saturated heterocycles. The Hall–Kier alpha value is -2.31.